The Hall–Kier alpha value is -2.46. The first kappa shape index (κ1) is 17.9. The summed E-state index contributed by atoms with van der Waals surface area (Å²) in [6, 6.07) is 4.05. The average Bonchev–Trinajstić information content (AvgIpc) is 3.33. The van der Waals surface area contributed by atoms with E-state index in [1.807, 2.05) is 10.8 Å². The van der Waals surface area contributed by atoms with Crippen molar-refractivity contribution in [2.45, 2.75) is 43.2 Å². The smallest absolute Gasteiger partial charge is 0.270 e. The van der Waals surface area contributed by atoms with Crippen molar-refractivity contribution < 1.29 is 13.3 Å². The van der Waals surface area contributed by atoms with Crippen LogP contribution >= 0.6 is 0 Å². The van der Waals surface area contributed by atoms with Gasteiger partial charge in [0.05, 0.1) is 10.6 Å². The van der Waals surface area contributed by atoms with E-state index in [0.29, 0.717) is 25.3 Å². The first-order chi connectivity index (χ1) is 12.9. The molecule has 3 heterocycles. The van der Waals surface area contributed by atoms with E-state index in [4.69, 9.17) is 0 Å². The van der Waals surface area contributed by atoms with Gasteiger partial charge < -0.3 is 9.88 Å². The molecule has 0 aliphatic carbocycles. The summed E-state index contributed by atoms with van der Waals surface area (Å²) in [6.07, 6.45) is 6.89. The highest BCUT2D eigenvalue weighted by atomic mass is 32.2. The Bertz CT molecular complexity index is 965. The summed E-state index contributed by atoms with van der Waals surface area (Å²) < 4.78 is 29.6. The number of anilines is 1. The van der Waals surface area contributed by atoms with Crippen molar-refractivity contribution in [1.29, 1.82) is 0 Å². The van der Waals surface area contributed by atoms with E-state index in [-0.39, 0.29) is 16.6 Å². The van der Waals surface area contributed by atoms with E-state index in [0.717, 1.165) is 31.5 Å². The van der Waals surface area contributed by atoms with E-state index in [2.05, 4.69) is 10.3 Å². The third-order valence-corrected chi connectivity index (χ3v) is 7.09. The first-order valence-electron chi connectivity index (χ1n) is 9.00. The van der Waals surface area contributed by atoms with E-state index in [1.54, 1.807) is 6.20 Å². The zero-order valence-corrected chi connectivity index (χ0v) is 15.6. The Morgan fingerprint density at radius 2 is 2.04 bits per heavy atom. The molecule has 144 valence electrons. The Labute approximate surface area is 157 Å². The number of hydrogen-bond acceptors (Lipinski definition) is 6. The van der Waals surface area contributed by atoms with Crippen LogP contribution in [0.3, 0.4) is 0 Å². The average molecular weight is 391 g/mol. The molecule has 27 heavy (non-hydrogen) atoms. The normalized spacial score (nSPS) is 20.4. The highest BCUT2D eigenvalue weighted by Gasteiger charge is 2.32. The predicted molar refractivity (Wildman–Crippen MR) is 99.0 cm³/mol. The maximum absolute atomic E-state index is 13.1. The zero-order chi connectivity index (χ0) is 19.0. The van der Waals surface area contributed by atoms with Crippen molar-refractivity contribution in [3.05, 3.63) is 46.5 Å². The van der Waals surface area contributed by atoms with Gasteiger partial charge in [0.2, 0.25) is 10.0 Å². The first-order valence-corrected chi connectivity index (χ1v) is 10.4. The van der Waals surface area contributed by atoms with Gasteiger partial charge in [0.25, 0.3) is 5.69 Å². The molecule has 1 unspecified atom stereocenters. The molecule has 1 atom stereocenters. The van der Waals surface area contributed by atoms with E-state index in [1.165, 1.54) is 22.5 Å². The van der Waals surface area contributed by atoms with Crippen molar-refractivity contribution in [2.24, 2.45) is 0 Å². The summed E-state index contributed by atoms with van der Waals surface area (Å²) in [6.45, 7) is 1.58. The van der Waals surface area contributed by atoms with Gasteiger partial charge in [-0.05, 0) is 25.3 Å². The molecule has 0 bridgehead atoms. The van der Waals surface area contributed by atoms with E-state index in [9.17, 15) is 18.5 Å². The highest BCUT2D eigenvalue weighted by Crippen LogP contribution is 2.32. The molecule has 2 aliphatic rings. The summed E-state index contributed by atoms with van der Waals surface area (Å²) in [5.74, 6) is 1.02. The molecule has 1 saturated heterocycles. The fourth-order valence-corrected chi connectivity index (χ4v) is 5.42. The molecular weight excluding hydrogens is 370 g/mol. The molecule has 0 saturated carbocycles. The number of imidazole rings is 1. The van der Waals surface area contributed by atoms with Gasteiger partial charge in [-0.25, -0.2) is 13.4 Å². The minimum atomic E-state index is -3.78. The van der Waals surface area contributed by atoms with Crippen molar-refractivity contribution in [3.8, 4) is 0 Å². The Kier molecular flexibility index (Phi) is 4.60. The molecule has 1 N–H and O–H groups in total. The van der Waals surface area contributed by atoms with Gasteiger partial charge in [0, 0.05) is 56.6 Å². The Balaban J connectivity index is 1.67. The van der Waals surface area contributed by atoms with Crippen molar-refractivity contribution in [2.75, 3.05) is 18.4 Å². The monoisotopic (exact) mass is 391 g/mol. The van der Waals surface area contributed by atoms with Crippen molar-refractivity contribution in [1.82, 2.24) is 13.9 Å². The SMILES string of the molecule is O=[N+]([O-])c1ccc(NC2CCc3nccn3C2)c(S(=O)(=O)N2CCCC2)c1. The number of non-ortho nitro benzene ring substituents is 1. The Morgan fingerprint density at radius 1 is 1.26 bits per heavy atom. The van der Waals surface area contributed by atoms with Crippen LogP contribution in [0.5, 0.6) is 0 Å². The molecule has 2 aliphatic heterocycles. The number of sulfonamides is 1. The number of nitro benzene ring substituents is 1. The molecule has 10 heteroatoms. The van der Waals surface area contributed by atoms with Crippen LogP contribution in [-0.2, 0) is 23.0 Å². The number of nitrogens with one attached hydrogen (secondary N) is 1. The lowest BCUT2D eigenvalue weighted by molar-refractivity contribution is -0.385. The summed E-state index contributed by atoms with van der Waals surface area (Å²) >= 11 is 0. The fraction of sp³-hybridized carbons (Fsp3) is 0.471. The number of nitro groups is 1. The molecule has 0 spiro atoms. The number of hydrogen-bond donors (Lipinski definition) is 1. The zero-order valence-electron chi connectivity index (χ0n) is 14.7. The highest BCUT2D eigenvalue weighted by molar-refractivity contribution is 7.89. The summed E-state index contributed by atoms with van der Waals surface area (Å²) in [5, 5.41) is 14.5. The van der Waals surface area contributed by atoms with Crippen LogP contribution in [0.4, 0.5) is 11.4 Å². The van der Waals surface area contributed by atoms with Crippen LogP contribution in [0.25, 0.3) is 0 Å². The van der Waals surface area contributed by atoms with Gasteiger partial charge in [-0.1, -0.05) is 0 Å². The Morgan fingerprint density at radius 3 is 2.78 bits per heavy atom. The number of aryl methyl sites for hydroxylation is 1. The summed E-state index contributed by atoms with van der Waals surface area (Å²) in [4.78, 5) is 14.9. The largest absolute Gasteiger partial charge is 0.379 e. The maximum atomic E-state index is 13.1. The second kappa shape index (κ2) is 6.93. The minimum Gasteiger partial charge on any atom is -0.379 e. The second-order valence-corrected chi connectivity index (χ2v) is 8.83. The summed E-state index contributed by atoms with van der Waals surface area (Å²) in [7, 11) is -3.78. The standard InChI is InChI=1S/C17H21N5O4S/c23-22(24)14-4-5-15(16(11-14)27(25,26)21-8-1-2-9-21)19-13-3-6-17-18-7-10-20(17)12-13/h4-5,7,10-11,13,19H,1-3,6,8-9,12H2. The molecule has 1 fully saturated rings. The number of aromatic nitrogens is 2. The third kappa shape index (κ3) is 3.42. The van der Waals surface area contributed by atoms with E-state index < -0.39 is 14.9 Å². The van der Waals surface area contributed by atoms with Gasteiger partial charge in [0.15, 0.2) is 0 Å². The van der Waals surface area contributed by atoms with Gasteiger partial charge >= 0.3 is 0 Å². The van der Waals surface area contributed by atoms with Crippen LogP contribution in [0.15, 0.2) is 35.5 Å². The van der Waals surface area contributed by atoms with Crippen LogP contribution < -0.4 is 5.32 Å². The molecule has 9 nitrogen and oxygen atoms in total. The van der Waals surface area contributed by atoms with Crippen LogP contribution in [0.2, 0.25) is 0 Å². The van der Waals surface area contributed by atoms with Gasteiger partial charge in [0.1, 0.15) is 10.7 Å². The molecule has 0 radical (unpaired) electrons. The van der Waals surface area contributed by atoms with E-state index >= 15 is 0 Å². The molecule has 1 aromatic carbocycles. The van der Waals surface area contributed by atoms with Crippen LogP contribution in [0, 0.1) is 10.1 Å². The van der Waals surface area contributed by atoms with Gasteiger partial charge in [-0.15, -0.1) is 0 Å². The maximum Gasteiger partial charge on any atom is 0.270 e. The third-order valence-electron chi connectivity index (χ3n) is 5.15. The second-order valence-electron chi connectivity index (χ2n) is 6.92. The summed E-state index contributed by atoms with van der Waals surface area (Å²) in [5.41, 5.74) is 0.194. The number of benzene rings is 1. The van der Waals surface area contributed by atoms with Gasteiger partial charge in [-0.3, -0.25) is 10.1 Å². The lowest BCUT2D eigenvalue weighted by Gasteiger charge is -2.27. The molecular formula is C17H21N5O4S. The minimum absolute atomic E-state index is 0.0185. The van der Waals surface area contributed by atoms with Crippen LogP contribution in [-0.4, -0.2) is 46.3 Å². The molecule has 4 rings (SSSR count). The topological polar surface area (TPSA) is 110 Å². The van der Waals surface area contributed by atoms with Gasteiger partial charge in [-0.2, -0.15) is 4.31 Å². The lowest BCUT2D eigenvalue weighted by Crippen LogP contribution is -2.33. The van der Waals surface area contributed by atoms with Crippen molar-refractivity contribution in [3.63, 3.8) is 0 Å². The predicted octanol–water partition coefficient (Wildman–Crippen LogP) is 2.00. The quantitative estimate of drug-likeness (QED) is 0.617. The number of nitrogens with zero attached hydrogens (tertiary/aromatic N) is 4. The fourth-order valence-electron chi connectivity index (χ4n) is 3.73. The number of fused-ring (bicyclic) bond motifs is 1. The number of rotatable bonds is 5. The van der Waals surface area contributed by atoms with Crippen molar-refractivity contribution >= 4 is 21.4 Å². The van der Waals surface area contributed by atoms with Crippen LogP contribution in [0.1, 0.15) is 25.1 Å². The lowest BCUT2D eigenvalue weighted by atomic mass is 10.1. The molecule has 2 aromatic rings. The molecule has 0 amide bonds. The molecule has 1 aromatic heterocycles.